The quantitative estimate of drug-likeness (QED) is 0.306. The van der Waals surface area contributed by atoms with Gasteiger partial charge >= 0.3 is 0 Å². The summed E-state index contributed by atoms with van der Waals surface area (Å²) in [7, 11) is 0. The highest BCUT2D eigenvalue weighted by Gasteiger charge is 2.16. The van der Waals surface area contributed by atoms with E-state index >= 15 is 0 Å². The molecule has 0 atom stereocenters. The monoisotopic (exact) mass is 527 g/mol. The molecule has 0 spiro atoms. The van der Waals surface area contributed by atoms with Gasteiger partial charge in [-0.2, -0.15) is 0 Å². The number of carbonyl (C=O) groups excluding carboxylic acids is 2. The SMILES string of the molecule is O=C(NCCCN1CCOCC1)/C(=C\c1ccc(-c2ccc(Cl)cc2)o1)NC(=O)c1ccc(Cl)cc1. The van der Waals surface area contributed by atoms with Gasteiger partial charge in [0.1, 0.15) is 17.2 Å². The Bertz CT molecular complexity index is 1200. The second-order valence-electron chi connectivity index (χ2n) is 8.29. The molecule has 9 heteroatoms. The van der Waals surface area contributed by atoms with Crippen LogP contribution in [0, 0.1) is 0 Å². The third-order valence-electron chi connectivity index (χ3n) is 5.68. The maximum absolute atomic E-state index is 13.0. The molecule has 2 heterocycles. The van der Waals surface area contributed by atoms with Crippen molar-refractivity contribution in [1.29, 1.82) is 0 Å². The summed E-state index contributed by atoms with van der Waals surface area (Å²) < 4.78 is 11.3. The predicted octanol–water partition coefficient (Wildman–Crippen LogP) is 4.86. The molecule has 36 heavy (non-hydrogen) atoms. The normalized spacial score (nSPS) is 14.4. The van der Waals surface area contributed by atoms with Gasteiger partial charge in [-0.3, -0.25) is 14.5 Å². The van der Waals surface area contributed by atoms with Crippen molar-refractivity contribution in [3.05, 3.63) is 87.7 Å². The van der Waals surface area contributed by atoms with Gasteiger partial charge < -0.3 is 19.8 Å². The number of rotatable bonds is 9. The van der Waals surface area contributed by atoms with Gasteiger partial charge in [0.15, 0.2) is 0 Å². The fourth-order valence-electron chi connectivity index (χ4n) is 3.72. The van der Waals surface area contributed by atoms with Crippen molar-refractivity contribution in [2.24, 2.45) is 0 Å². The fourth-order valence-corrected chi connectivity index (χ4v) is 3.97. The summed E-state index contributed by atoms with van der Waals surface area (Å²) in [6.07, 6.45) is 2.30. The molecule has 1 aliphatic rings. The first kappa shape index (κ1) is 26.0. The molecular formula is C27H27Cl2N3O4. The van der Waals surface area contributed by atoms with E-state index in [-0.39, 0.29) is 5.70 Å². The Morgan fingerprint density at radius 2 is 1.58 bits per heavy atom. The van der Waals surface area contributed by atoms with Crippen molar-refractivity contribution in [2.45, 2.75) is 6.42 Å². The first-order valence-electron chi connectivity index (χ1n) is 11.7. The van der Waals surface area contributed by atoms with Gasteiger partial charge in [-0.05, 0) is 73.6 Å². The van der Waals surface area contributed by atoms with Gasteiger partial charge in [0.2, 0.25) is 0 Å². The van der Waals surface area contributed by atoms with Crippen molar-refractivity contribution < 1.29 is 18.7 Å². The number of halogens is 2. The van der Waals surface area contributed by atoms with Crippen LogP contribution in [-0.2, 0) is 9.53 Å². The highest BCUT2D eigenvalue weighted by molar-refractivity contribution is 6.31. The number of carbonyl (C=O) groups is 2. The van der Waals surface area contributed by atoms with Crippen LogP contribution in [0.25, 0.3) is 17.4 Å². The Morgan fingerprint density at radius 1 is 0.917 bits per heavy atom. The van der Waals surface area contributed by atoms with Crippen molar-refractivity contribution in [1.82, 2.24) is 15.5 Å². The summed E-state index contributed by atoms with van der Waals surface area (Å²) in [5.74, 6) is 0.219. The van der Waals surface area contributed by atoms with Gasteiger partial charge in [0.05, 0.1) is 13.2 Å². The summed E-state index contributed by atoms with van der Waals surface area (Å²) in [5.41, 5.74) is 1.31. The van der Waals surface area contributed by atoms with E-state index in [0.29, 0.717) is 33.7 Å². The Labute approximate surface area is 220 Å². The van der Waals surface area contributed by atoms with E-state index in [1.807, 2.05) is 12.1 Å². The van der Waals surface area contributed by atoms with Crippen LogP contribution in [0.3, 0.4) is 0 Å². The van der Waals surface area contributed by atoms with Gasteiger partial charge in [0, 0.05) is 46.9 Å². The molecule has 4 rings (SSSR count). The van der Waals surface area contributed by atoms with Gasteiger partial charge in [-0.15, -0.1) is 0 Å². The number of hydrogen-bond acceptors (Lipinski definition) is 5. The molecule has 0 unspecified atom stereocenters. The topological polar surface area (TPSA) is 83.8 Å². The molecule has 0 saturated carbocycles. The van der Waals surface area contributed by atoms with E-state index in [9.17, 15) is 9.59 Å². The van der Waals surface area contributed by atoms with Crippen molar-refractivity contribution in [3.8, 4) is 11.3 Å². The second-order valence-corrected chi connectivity index (χ2v) is 9.16. The molecule has 3 aromatic rings. The number of benzene rings is 2. The maximum Gasteiger partial charge on any atom is 0.267 e. The molecule has 2 amide bonds. The molecule has 188 valence electrons. The highest BCUT2D eigenvalue weighted by Crippen LogP contribution is 2.25. The van der Waals surface area contributed by atoms with Crippen LogP contribution in [0.15, 0.2) is 70.8 Å². The standard InChI is InChI=1S/C27H27Cl2N3O4/c28-21-6-2-19(3-7-21)25-11-10-23(36-25)18-24(31-26(33)20-4-8-22(29)9-5-20)27(34)30-12-1-13-32-14-16-35-17-15-32/h2-11,18H,1,12-17H2,(H,30,34)(H,31,33)/b24-18+. The van der Waals surface area contributed by atoms with E-state index in [0.717, 1.165) is 44.8 Å². The first-order valence-corrected chi connectivity index (χ1v) is 12.5. The minimum absolute atomic E-state index is 0.0818. The largest absolute Gasteiger partial charge is 0.457 e. The predicted molar refractivity (Wildman–Crippen MR) is 141 cm³/mol. The number of amides is 2. The lowest BCUT2D eigenvalue weighted by Crippen LogP contribution is -2.39. The Hall–Kier alpha value is -3.10. The Kier molecular flexibility index (Phi) is 9.19. The van der Waals surface area contributed by atoms with Crippen LogP contribution in [0.1, 0.15) is 22.5 Å². The molecule has 1 aromatic heterocycles. The smallest absolute Gasteiger partial charge is 0.267 e. The van der Waals surface area contributed by atoms with Gasteiger partial charge in [-0.1, -0.05) is 23.2 Å². The summed E-state index contributed by atoms with van der Waals surface area (Å²) in [6, 6.07) is 17.2. The Morgan fingerprint density at radius 3 is 2.28 bits per heavy atom. The lowest BCUT2D eigenvalue weighted by molar-refractivity contribution is -0.117. The molecule has 0 radical (unpaired) electrons. The molecule has 1 saturated heterocycles. The zero-order valence-electron chi connectivity index (χ0n) is 19.6. The van der Waals surface area contributed by atoms with Crippen molar-refractivity contribution >= 4 is 41.1 Å². The zero-order valence-corrected chi connectivity index (χ0v) is 21.1. The van der Waals surface area contributed by atoms with E-state index in [1.165, 1.54) is 6.08 Å². The molecular weight excluding hydrogens is 501 g/mol. The van der Waals surface area contributed by atoms with Crippen LogP contribution < -0.4 is 10.6 Å². The lowest BCUT2D eigenvalue weighted by atomic mass is 10.2. The highest BCUT2D eigenvalue weighted by atomic mass is 35.5. The minimum atomic E-state index is -0.425. The summed E-state index contributed by atoms with van der Waals surface area (Å²) in [4.78, 5) is 28.1. The van der Waals surface area contributed by atoms with Crippen LogP contribution in [0.2, 0.25) is 10.0 Å². The number of furan rings is 1. The van der Waals surface area contributed by atoms with Crippen LogP contribution in [0.5, 0.6) is 0 Å². The number of ether oxygens (including phenoxy) is 1. The summed E-state index contributed by atoms with van der Waals surface area (Å²) in [6.45, 7) is 4.59. The van der Waals surface area contributed by atoms with Crippen LogP contribution >= 0.6 is 23.2 Å². The zero-order chi connectivity index (χ0) is 25.3. The van der Waals surface area contributed by atoms with Crippen molar-refractivity contribution in [3.63, 3.8) is 0 Å². The average Bonchev–Trinajstić information content (AvgIpc) is 3.36. The van der Waals surface area contributed by atoms with Crippen LogP contribution in [0.4, 0.5) is 0 Å². The van der Waals surface area contributed by atoms with E-state index in [2.05, 4.69) is 15.5 Å². The molecule has 1 fully saturated rings. The van der Waals surface area contributed by atoms with Gasteiger partial charge in [-0.25, -0.2) is 0 Å². The second kappa shape index (κ2) is 12.7. The number of nitrogens with zero attached hydrogens (tertiary/aromatic N) is 1. The molecule has 2 aromatic carbocycles. The summed E-state index contributed by atoms with van der Waals surface area (Å²) in [5, 5.41) is 6.75. The first-order chi connectivity index (χ1) is 17.5. The van der Waals surface area contributed by atoms with Crippen molar-refractivity contribution in [2.75, 3.05) is 39.4 Å². The van der Waals surface area contributed by atoms with E-state index in [1.54, 1.807) is 48.5 Å². The minimum Gasteiger partial charge on any atom is -0.457 e. The van der Waals surface area contributed by atoms with Gasteiger partial charge in [0.25, 0.3) is 11.8 Å². The molecule has 0 bridgehead atoms. The average molecular weight is 528 g/mol. The number of nitrogens with one attached hydrogen (secondary N) is 2. The molecule has 7 nitrogen and oxygen atoms in total. The van der Waals surface area contributed by atoms with Crippen LogP contribution in [-0.4, -0.2) is 56.1 Å². The fraction of sp³-hybridized carbons (Fsp3) is 0.259. The Balaban J connectivity index is 1.46. The lowest BCUT2D eigenvalue weighted by Gasteiger charge is -2.26. The third kappa shape index (κ3) is 7.45. The van der Waals surface area contributed by atoms with E-state index in [4.69, 9.17) is 32.4 Å². The summed E-state index contributed by atoms with van der Waals surface area (Å²) >= 11 is 11.9. The molecule has 2 N–H and O–H groups in total. The maximum atomic E-state index is 13.0. The van der Waals surface area contributed by atoms with E-state index < -0.39 is 11.8 Å². The third-order valence-corrected chi connectivity index (χ3v) is 6.19. The molecule has 1 aliphatic heterocycles. The molecule has 0 aliphatic carbocycles. The number of hydrogen-bond donors (Lipinski definition) is 2. The number of morpholine rings is 1.